The lowest BCUT2D eigenvalue weighted by molar-refractivity contribution is -0.134. The minimum atomic E-state index is -0.104. The second kappa shape index (κ2) is 8.86. The Balaban J connectivity index is 1.30. The standard InChI is InChI=1S/C22H24N4O4/c1-2-29-19-5-3-4-6-20(19)30-14-21(27)25-9-11-26(12-10-25)22(28)16-7-8-17-18(13-16)24-15-23-17/h3-8,13,15H,2,9-12,14H2,1H3,(H,23,24). The molecule has 0 spiro atoms. The molecule has 1 saturated heterocycles. The number of piperazine rings is 1. The molecular weight excluding hydrogens is 384 g/mol. The normalized spacial score (nSPS) is 14.0. The van der Waals surface area contributed by atoms with Gasteiger partial charge >= 0.3 is 0 Å². The van der Waals surface area contributed by atoms with Gasteiger partial charge in [0.2, 0.25) is 0 Å². The molecule has 0 aliphatic carbocycles. The molecule has 1 N–H and O–H groups in total. The topological polar surface area (TPSA) is 87.8 Å². The first-order chi connectivity index (χ1) is 14.7. The lowest BCUT2D eigenvalue weighted by Crippen LogP contribution is -2.51. The Morgan fingerprint density at radius 2 is 1.70 bits per heavy atom. The number of para-hydroxylation sites is 2. The van der Waals surface area contributed by atoms with Crippen molar-refractivity contribution in [2.45, 2.75) is 6.92 Å². The number of fused-ring (bicyclic) bond motifs is 1. The molecule has 2 heterocycles. The summed E-state index contributed by atoms with van der Waals surface area (Å²) in [6.07, 6.45) is 1.61. The molecule has 0 atom stereocenters. The quantitative estimate of drug-likeness (QED) is 0.676. The summed E-state index contributed by atoms with van der Waals surface area (Å²) >= 11 is 0. The van der Waals surface area contributed by atoms with E-state index in [-0.39, 0.29) is 18.4 Å². The molecule has 0 bridgehead atoms. The number of hydrogen-bond acceptors (Lipinski definition) is 5. The van der Waals surface area contributed by atoms with Gasteiger partial charge in [-0.1, -0.05) is 12.1 Å². The largest absolute Gasteiger partial charge is 0.490 e. The number of carbonyl (C=O) groups is 2. The summed E-state index contributed by atoms with van der Waals surface area (Å²) in [6.45, 7) is 4.30. The Morgan fingerprint density at radius 3 is 2.43 bits per heavy atom. The van der Waals surface area contributed by atoms with E-state index < -0.39 is 0 Å². The van der Waals surface area contributed by atoms with Crippen LogP contribution in [-0.4, -0.2) is 71.0 Å². The third-order valence-electron chi connectivity index (χ3n) is 5.09. The van der Waals surface area contributed by atoms with E-state index in [4.69, 9.17) is 9.47 Å². The van der Waals surface area contributed by atoms with Crippen molar-refractivity contribution in [3.8, 4) is 11.5 Å². The number of aromatic amines is 1. The van der Waals surface area contributed by atoms with Crippen LogP contribution in [0, 0.1) is 0 Å². The van der Waals surface area contributed by atoms with Crippen molar-refractivity contribution in [3.05, 3.63) is 54.4 Å². The first-order valence-electron chi connectivity index (χ1n) is 10.0. The second-order valence-corrected chi connectivity index (χ2v) is 6.98. The van der Waals surface area contributed by atoms with E-state index in [0.717, 1.165) is 11.0 Å². The van der Waals surface area contributed by atoms with E-state index in [0.29, 0.717) is 49.8 Å². The summed E-state index contributed by atoms with van der Waals surface area (Å²) < 4.78 is 11.2. The van der Waals surface area contributed by atoms with Crippen molar-refractivity contribution in [1.82, 2.24) is 19.8 Å². The van der Waals surface area contributed by atoms with Crippen molar-refractivity contribution in [1.29, 1.82) is 0 Å². The number of amides is 2. The third-order valence-corrected chi connectivity index (χ3v) is 5.09. The lowest BCUT2D eigenvalue weighted by atomic mass is 10.1. The molecule has 156 valence electrons. The van der Waals surface area contributed by atoms with Gasteiger partial charge in [0.25, 0.3) is 11.8 Å². The first-order valence-corrected chi connectivity index (χ1v) is 10.0. The van der Waals surface area contributed by atoms with E-state index in [1.807, 2.05) is 37.3 Å². The molecule has 3 aromatic rings. The molecule has 8 nitrogen and oxygen atoms in total. The summed E-state index contributed by atoms with van der Waals surface area (Å²) in [5, 5.41) is 0. The van der Waals surface area contributed by atoms with Gasteiger partial charge in [-0.2, -0.15) is 0 Å². The molecule has 1 aliphatic heterocycles. The summed E-state index contributed by atoms with van der Waals surface area (Å²) in [4.78, 5) is 36.0. The monoisotopic (exact) mass is 408 g/mol. The summed E-state index contributed by atoms with van der Waals surface area (Å²) in [7, 11) is 0. The number of imidazole rings is 1. The van der Waals surface area contributed by atoms with Gasteiger partial charge in [0, 0.05) is 31.7 Å². The van der Waals surface area contributed by atoms with Crippen molar-refractivity contribution in [2.24, 2.45) is 0 Å². The number of nitrogens with zero attached hydrogens (tertiary/aromatic N) is 3. The van der Waals surface area contributed by atoms with Crippen LogP contribution >= 0.6 is 0 Å². The Morgan fingerprint density at radius 1 is 1.00 bits per heavy atom. The highest BCUT2D eigenvalue weighted by atomic mass is 16.5. The van der Waals surface area contributed by atoms with Gasteiger partial charge in [-0.3, -0.25) is 9.59 Å². The van der Waals surface area contributed by atoms with Crippen molar-refractivity contribution < 1.29 is 19.1 Å². The van der Waals surface area contributed by atoms with E-state index in [1.165, 1.54) is 0 Å². The maximum Gasteiger partial charge on any atom is 0.260 e. The highest BCUT2D eigenvalue weighted by Crippen LogP contribution is 2.26. The number of aromatic nitrogens is 2. The van der Waals surface area contributed by atoms with Crippen molar-refractivity contribution >= 4 is 22.8 Å². The molecule has 4 rings (SSSR count). The molecule has 30 heavy (non-hydrogen) atoms. The molecule has 0 saturated carbocycles. The average molecular weight is 408 g/mol. The summed E-state index contributed by atoms with van der Waals surface area (Å²) in [6, 6.07) is 12.7. The minimum absolute atomic E-state index is 0.0412. The summed E-state index contributed by atoms with van der Waals surface area (Å²) in [5.41, 5.74) is 2.27. The fourth-order valence-corrected chi connectivity index (χ4v) is 3.49. The molecule has 2 amide bonds. The van der Waals surface area contributed by atoms with Crippen molar-refractivity contribution in [3.63, 3.8) is 0 Å². The third kappa shape index (κ3) is 4.22. The van der Waals surface area contributed by atoms with Gasteiger partial charge in [-0.15, -0.1) is 0 Å². The highest BCUT2D eigenvalue weighted by molar-refractivity contribution is 5.97. The van der Waals surface area contributed by atoms with E-state index >= 15 is 0 Å². The SMILES string of the molecule is CCOc1ccccc1OCC(=O)N1CCN(C(=O)c2ccc3nc[nH]c3c2)CC1. The second-order valence-electron chi connectivity index (χ2n) is 6.98. The number of nitrogens with one attached hydrogen (secondary N) is 1. The number of carbonyl (C=O) groups excluding carboxylic acids is 2. The zero-order chi connectivity index (χ0) is 20.9. The number of hydrogen-bond donors (Lipinski definition) is 1. The Hall–Kier alpha value is -3.55. The molecule has 1 fully saturated rings. The van der Waals surface area contributed by atoms with Crippen LogP contribution in [0.25, 0.3) is 11.0 Å². The van der Waals surface area contributed by atoms with Gasteiger partial charge < -0.3 is 24.3 Å². The Bertz CT molecular complexity index is 1040. The van der Waals surface area contributed by atoms with Crippen LogP contribution in [0.3, 0.4) is 0 Å². The molecule has 8 heteroatoms. The fraction of sp³-hybridized carbons (Fsp3) is 0.318. The molecule has 0 unspecified atom stereocenters. The number of rotatable bonds is 6. The lowest BCUT2D eigenvalue weighted by Gasteiger charge is -2.34. The molecule has 2 aromatic carbocycles. The Labute approximate surface area is 174 Å². The predicted octanol–water partition coefficient (Wildman–Crippen LogP) is 2.33. The molecule has 0 radical (unpaired) electrons. The van der Waals surface area contributed by atoms with Crippen LogP contribution < -0.4 is 9.47 Å². The molecule has 1 aromatic heterocycles. The minimum Gasteiger partial charge on any atom is -0.490 e. The zero-order valence-electron chi connectivity index (χ0n) is 16.8. The van der Waals surface area contributed by atoms with Crippen LogP contribution in [0.4, 0.5) is 0 Å². The zero-order valence-corrected chi connectivity index (χ0v) is 16.8. The van der Waals surface area contributed by atoms with Gasteiger partial charge in [0.15, 0.2) is 18.1 Å². The Kier molecular flexibility index (Phi) is 5.83. The number of H-pyrrole nitrogens is 1. The van der Waals surface area contributed by atoms with Crippen LogP contribution in [0.15, 0.2) is 48.8 Å². The highest BCUT2D eigenvalue weighted by Gasteiger charge is 2.25. The van der Waals surface area contributed by atoms with Gasteiger partial charge in [0.1, 0.15) is 0 Å². The van der Waals surface area contributed by atoms with Crippen LogP contribution in [-0.2, 0) is 4.79 Å². The summed E-state index contributed by atoms with van der Waals surface area (Å²) in [5.74, 6) is 1.03. The maximum absolute atomic E-state index is 12.8. The maximum atomic E-state index is 12.8. The number of benzene rings is 2. The first kappa shape index (κ1) is 19.8. The van der Waals surface area contributed by atoms with Gasteiger partial charge in [0.05, 0.1) is 24.0 Å². The molecular formula is C22H24N4O4. The van der Waals surface area contributed by atoms with Gasteiger partial charge in [-0.25, -0.2) is 4.98 Å². The molecule has 1 aliphatic rings. The number of ether oxygens (including phenoxy) is 2. The van der Waals surface area contributed by atoms with E-state index in [2.05, 4.69) is 9.97 Å². The van der Waals surface area contributed by atoms with Crippen LogP contribution in [0.2, 0.25) is 0 Å². The van der Waals surface area contributed by atoms with E-state index in [1.54, 1.807) is 28.3 Å². The predicted molar refractivity (Wildman–Crippen MR) is 112 cm³/mol. The fourth-order valence-electron chi connectivity index (χ4n) is 3.49. The van der Waals surface area contributed by atoms with Crippen molar-refractivity contribution in [2.75, 3.05) is 39.4 Å². The van der Waals surface area contributed by atoms with Crippen LogP contribution in [0.1, 0.15) is 17.3 Å². The van der Waals surface area contributed by atoms with E-state index in [9.17, 15) is 9.59 Å². The average Bonchev–Trinajstić information content (AvgIpc) is 3.26. The van der Waals surface area contributed by atoms with Crippen LogP contribution in [0.5, 0.6) is 11.5 Å². The van der Waals surface area contributed by atoms with Gasteiger partial charge in [-0.05, 0) is 37.3 Å². The smallest absolute Gasteiger partial charge is 0.260 e.